The van der Waals surface area contributed by atoms with E-state index < -0.39 is 35.5 Å². The van der Waals surface area contributed by atoms with Crippen molar-refractivity contribution in [3.63, 3.8) is 0 Å². The topological polar surface area (TPSA) is 126 Å². The van der Waals surface area contributed by atoms with E-state index in [4.69, 9.17) is 14.2 Å². The third kappa shape index (κ3) is 5.18. The largest absolute Gasteiger partial charge is 0.465 e. The fraction of sp³-hybridized carbons (Fsp3) is 0.500. The van der Waals surface area contributed by atoms with Crippen LogP contribution in [-0.2, 0) is 19.0 Å². The Bertz CT molecular complexity index is 1650. The SMILES string of the molecule is C=C1C[C@@]23C[C@@H]1CC[C@H]2[C@]1(C)CC[C@@H](OC(=O)c2ccc(C#N)cc2)[C@](C)(COC(C)=O)[C@@H]1C[C@@H]3OC(=O)c1ccc(C#N)cc1. The summed E-state index contributed by atoms with van der Waals surface area (Å²) in [5.74, 6) is -0.770. The third-order valence-electron chi connectivity index (χ3n) is 12.0. The maximum absolute atomic E-state index is 13.7. The molecule has 8 heteroatoms. The van der Waals surface area contributed by atoms with Gasteiger partial charge >= 0.3 is 17.9 Å². The summed E-state index contributed by atoms with van der Waals surface area (Å²) in [4.78, 5) is 39.3. The van der Waals surface area contributed by atoms with Crippen molar-refractivity contribution in [2.75, 3.05) is 6.61 Å². The normalized spacial score (nSPS) is 34.2. The van der Waals surface area contributed by atoms with Crippen LogP contribution in [0.1, 0.15) is 97.6 Å². The Balaban J connectivity index is 1.36. The molecule has 8 atom stereocenters. The summed E-state index contributed by atoms with van der Waals surface area (Å²) >= 11 is 0. The quantitative estimate of drug-likeness (QED) is 0.193. The highest BCUT2D eigenvalue weighted by atomic mass is 16.6. The molecule has 0 aromatic heterocycles. The van der Waals surface area contributed by atoms with Crippen LogP contribution >= 0.6 is 0 Å². The molecule has 6 rings (SSSR count). The van der Waals surface area contributed by atoms with Gasteiger partial charge in [0.15, 0.2) is 0 Å². The zero-order valence-corrected chi connectivity index (χ0v) is 26.7. The second-order valence-corrected chi connectivity index (χ2v) is 14.4. The minimum atomic E-state index is -0.756. The Kier molecular flexibility index (Phi) is 8.05. The van der Waals surface area contributed by atoms with Gasteiger partial charge in [-0.15, -0.1) is 0 Å². The van der Waals surface area contributed by atoms with Crippen LogP contribution in [0.5, 0.6) is 0 Å². The molecule has 2 aromatic carbocycles. The van der Waals surface area contributed by atoms with Crippen LogP contribution in [0.25, 0.3) is 0 Å². The van der Waals surface area contributed by atoms with Gasteiger partial charge in [-0.25, -0.2) is 9.59 Å². The van der Waals surface area contributed by atoms with Crippen LogP contribution in [0, 0.1) is 56.7 Å². The highest BCUT2D eigenvalue weighted by molar-refractivity contribution is 5.90. The van der Waals surface area contributed by atoms with Gasteiger partial charge in [0.05, 0.1) is 34.4 Å². The number of carbonyl (C=O) groups is 3. The Morgan fingerprint density at radius 2 is 1.41 bits per heavy atom. The van der Waals surface area contributed by atoms with E-state index in [1.54, 1.807) is 48.5 Å². The Morgan fingerprint density at radius 1 is 0.848 bits per heavy atom. The number of fused-ring (bicyclic) bond motifs is 3. The van der Waals surface area contributed by atoms with E-state index in [9.17, 15) is 24.9 Å². The summed E-state index contributed by atoms with van der Waals surface area (Å²) in [5.41, 5.74) is 1.71. The molecule has 46 heavy (non-hydrogen) atoms. The van der Waals surface area contributed by atoms with Gasteiger partial charge < -0.3 is 14.2 Å². The molecule has 4 aliphatic carbocycles. The van der Waals surface area contributed by atoms with E-state index in [0.29, 0.717) is 41.0 Å². The number of benzene rings is 2. The van der Waals surface area contributed by atoms with E-state index in [-0.39, 0.29) is 29.3 Å². The summed E-state index contributed by atoms with van der Waals surface area (Å²) in [5, 5.41) is 18.4. The van der Waals surface area contributed by atoms with Crippen molar-refractivity contribution in [3.8, 4) is 12.1 Å². The van der Waals surface area contributed by atoms with Gasteiger partial charge in [0.2, 0.25) is 0 Å². The van der Waals surface area contributed by atoms with Crippen LogP contribution in [0.15, 0.2) is 60.7 Å². The molecule has 238 valence electrons. The van der Waals surface area contributed by atoms with Crippen molar-refractivity contribution in [1.82, 2.24) is 0 Å². The van der Waals surface area contributed by atoms with Gasteiger partial charge in [0, 0.05) is 17.8 Å². The lowest BCUT2D eigenvalue weighted by Gasteiger charge is -2.66. The molecular formula is C38H40N2O6. The van der Waals surface area contributed by atoms with Gasteiger partial charge in [-0.05, 0) is 117 Å². The van der Waals surface area contributed by atoms with E-state index in [1.165, 1.54) is 12.5 Å². The Labute approximate surface area is 270 Å². The van der Waals surface area contributed by atoms with Crippen LogP contribution in [-0.4, -0.2) is 36.7 Å². The summed E-state index contributed by atoms with van der Waals surface area (Å²) < 4.78 is 18.5. The van der Waals surface area contributed by atoms with Gasteiger partial charge in [-0.3, -0.25) is 4.79 Å². The molecule has 0 heterocycles. The van der Waals surface area contributed by atoms with Gasteiger partial charge in [0.25, 0.3) is 0 Å². The summed E-state index contributed by atoms with van der Waals surface area (Å²) in [6.07, 6.45) is 4.78. The maximum atomic E-state index is 13.7. The molecule has 1 spiro atoms. The first-order chi connectivity index (χ1) is 21.9. The van der Waals surface area contributed by atoms with Crippen molar-refractivity contribution in [2.24, 2.45) is 34.0 Å². The standard InChI is InChI=1S/C38H40N2O6/c1-23-18-38-19-29(23)13-14-30(38)36(3)16-15-32(45-34(42)27-9-5-25(20-39)6-10-27)37(4,22-44-24(2)41)31(36)17-33(38)46-35(43)28-11-7-26(21-40)8-12-28/h5-12,29-33H,1,13-19,22H2,2-4H3/t29-,30-,31+,32+,33-,36-,37+,38+/m0/s1. The molecule has 4 fully saturated rings. The van der Waals surface area contributed by atoms with Crippen molar-refractivity contribution >= 4 is 17.9 Å². The summed E-state index contributed by atoms with van der Waals surface area (Å²) in [7, 11) is 0. The van der Waals surface area contributed by atoms with Crippen molar-refractivity contribution in [2.45, 2.75) is 77.9 Å². The van der Waals surface area contributed by atoms with Crippen molar-refractivity contribution < 1.29 is 28.6 Å². The highest BCUT2D eigenvalue weighted by Gasteiger charge is 2.70. The van der Waals surface area contributed by atoms with Gasteiger partial charge in [-0.1, -0.05) is 26.0 Å². The molecule has 8 nitrogen and oxygen atoms in total. The molecule has 0 radical (unpaired) electrons. The minimum absolute atomic E-state index is 0.0687. The molecular weight excluding hydrogens is 580 g/mol. The molecule has 0 saturated heterocycles. The van der Waals surface area contributed by atoms with E-state index >= 15 is 0 Å². The predicted octanol–water partition coefficient (Wildman–Crippen LogP) is 6.93. The van der Waals surface area contributed by atoms with Crippen molar-refractivity contribution in [1.29, 1.82) is 10.5 Å². The monoisotopic (exact) mass is 620 g/mol. The minimum Gasteiger partial charge on any atom is -0.465 e. The lowest BCUT2D eigenvalue weighted by Crippen LogP contribution is -2.66. The first kappa shape index (κ1) is 31.5. The molecule has 2 bridgehead atoms. The Hall–Kier alpha value is -4.43. The summed E-state index contributed by atoms with van der Waals surface area (Å²) in [6, 6.07) is 17.0. The zero-order valence-electron chi connectivity index (χ0n) is 26.7. The number of carbonyl (C=O) groups excluding carboxylic acids is 3. The van der Waals surface area contributed by atoms with Crippen LogP contribution < -0.4 is 0 Å². The number of hydrogen-bond donors (Lipinski definition) is 0. The number of nitrogens with zero attached hydrogens (tertiary/aromatic N) is 2. The highest BCUT2D eigenvalue weighted by Crippen LogP contribution is 2.73. The molecule has 4 saturated carbocycles. The van der Waals surface area contributed by atoms with Crippen LogP contribution in [0.4, 0.5) is 0 Å². The zero-order chi connectivity index (χ0) is 32.9. The number of esters is 3. The molecule has 2 aromatic rings. The van der Waals surface area contributed by atoms with Crippen molar-refractivity contribution in [3.05, 3.63) is 82.9 Å². The number of rotatable bonds is 6. The predicted molar refractivity (Wildman–Crippen MR) is 168 cm³/mol. The fourth-order valence-electron chi connectivity index (χ4n) is 9.82. The first-order valence-electron chi connectivity index (χ1n) is 16.2. The van der Waals surface area contributed by atoms with E-state index in [1.807, 2.05) is 6.92 Å². The van der Waals surface area contributed by atoms with E-state index in [0.717, 1.165) is 32.1 Å². The lowest BCUT2D eigenvalue weighted by atomic mass is 9.40. The molecule has 4 aliphatic rings. The number of nitriles is 2. The lowest BCUT2D eigenvalue weighted by molar-refractivity contribution is -0.232. The Morgan fingerprint density at radius 3 is 1.96 bits per heavy atom. The van der Waals surface area contributed by atoms with Gasteiger partial charge in [-0.2, -0.15) is 10.5 Å². The first-order valence-corrected chi connectivity index (χ1v) is 16.2. The third-order valence-corrected chi connectivity index (χ3v) is 12.0. The maximum Gasteiger partial charge on any atom is 0.338 e. The fourth-order valence-corrected chi connectivity index (χ4v) is 9.82. The summed E-state index contributed by atoms with van der Waals surface area (Å²) in [6.45, 7) is 10.3. The molecule has 0 unspecified atom stereocenters. The average Bonchev–Trinajstić information content (AvgIpc) is 3.30. The van der Waals surface area contributed by atoms with Crippen LogP contribution in [0.2, 0.25) is 0 Å². The molecule has 0 aliphatic heterocycles. The number of ether oxygens (including phenoxy) is 3. The smallest absolute Gasteiger partial charge is 0.338 e. The second kappa shape index (κ2) is 11.7. The van der Waals surface area contributed by atoms with Gasteiger partial charge in [0.1, 0.15) is 18.8 Å². The molecule has 0 N–H and O–H groups in total. The molecule has 0 amide bonds. The number of hydrogen-bond acceptors (Lipinski definition) is 8. The second-order valence-electron chi connectivity index (χ2n) is 14.4. The van der Waals surface area contributed by atoms with E-state index in [2.05, 4.69) is 25.6 Å². The number of allylic oxidation sites excluding steroid dienone is 1. The average molecular weight is 621 g/mol. The van der Waals surface area contributed by atoms with Crippen LogP contribution in [0.3, 0.4) is 0 Å².